The summed E-state index contributed by atoms with van der Waals surface area (Å²) in [5, 5.41) is 3.02. The molecule has 5 heteroatoms. The molecule has 0 saturated heterocycles. The summed E-state index contributed by atoms with van der Waals surface area (Å²) in [6, 6.07) is 20.4. The van der Waals surface area contributed by atoms with Crippen LogP contribution in [-0.2, 0) is 0 Å². The summed E-state index contributed by atoms with van der Waals surface area (Å²) in [4.78, 5) is 12.9. The molecular formula is C21H16FNO3. The molecule has 1 aliphatic heterocycles. The number of fused-ring (bicyclic) bond motifs is 1. The zero-order chi connectivity index (χ0) is 17.9. The van der Waals surface area contributed by atoms with Gasteiger partial charge in [-0.2, -0.15) is 0 Å². The van der Waals surface area contributed by atoms with E-state index in [4.69, 9.17) is 9.47 Å². The minimum absolute atomic E-state index is 0.0969. The van der Waals surface area contributed by atoms with Gasteiger partial charge in [0, 0.05) is 0 Å². The first-order valence-electron chi connectivity index (χ1n) is 8.22. The van der Waals surface area contributed by atoms with Crippen molar-refractivity contribution in [1.82, 2.24) is 5.32 Å². The molecule has 26 heavy (non-hydrogen) atoms. The van der Waals surface area contributed by atoms with Crippen molar-refractivity contribution in [3.8, 4) is 11.5 Å². The second-order valence-electron chi connectivity index (χ2n) is 5.91. The van der Waals surface area contributed by atoms with Gasteiger partial charge in [0.1, 0.15) is 5.82 Å². The summed E-state index contributed by atoms with van der Waals surface area (Å²) >= 11 is 0. The van der Waals surface area contributed by atoms with Gasteiger partial charge in [0.15, 0.2) is 11.5 Å². The van der Waals surface area contributed by atoms with Gasteiger partial charge in [-0.1, -0.05) is 48.5 Å². The van der Waals surface area contributed by atoms with Crippen LogP contribution in [0.15, 0.2) is 72.8 Å². The Morgan fingerprint density at radius 3 is 2.38 bits per heavy atom. The highest BCUT2D eigenvalue weighted by molar-refractivity contribution is 5.98. The fourth-order valence-corrected chi connectivity index (χ4v) is 2.98. The third kappa shape index (κ3) is 3.11. The van der Waals surface area contributed by atoms with Gasteiger partial charge >= 0.3 is 0 Å². The number of para-hydroxylation sites is 1. The summed E-state index contributed by atoms with van der Waals surface area (Å²) in [5.74, 6) is 0.385. The summed E-state index contributed by atoms with van der Waals surface area (Å²) in [7, 11) is 0. The first kappa shape index (κ1) is 16.1. The summed E-state index contributed by atoms with van der Waals surface area (Å²) in [6.07, 6.45) is 0. The molecule has 4 nitrogen and oxygen atoms in total. The van der Waals surface area contributed by atoms with E-state index in [0.717, 1.165) is 11.1 Å². The lowest BCUT2D eigenvalue weighted by Gasteiger charge is -2.20. The van der Waals surface area contributed by atoms with Crippen LogP contribution in [-0.4, -0.2) is 12.7 Å². The Bertz CT molecular complexity index is 926. The number of carbonyl (C=O) groups is 1. The van der Waals surface area contributed by atoms with E-state index in [-0.39, 0.29) is 18.5 Å². The summed E-state index contributed by atoms with van der Waals surface area (Å²) in [5.41, 5.74) is 2.09. The summed E-state index contributed by atoms with van der Waals surface area (Å²) < 4.78 is 24.1. The van der Waals surface area contributed by atoms with Crippen LogP contribution in [0.25, 0.3) is 0 Å². The maximum Gasteiger partial charge on any atom is 0.255 e. The number of halogens is 1. The molecule has 0 bridgehead atoms. The van der Waals surface area contributed by atoms with Crippen LogP contribution in [0.5, 0.6) is 11.5 Å². The number of benzene rings is 3. The van der Waals surface area contributed by atoms with Gasteiger partial charge in [0.05, 0.1) is 11.6 Å². The SMILES string of the molecule is O=C(NC(c1ccccc1)c1ccc(F)cc1)c1cccc2c1OCO2. The quantitative estimate of drug-likeness (QED) is 0.772. The summed E-state index contributed by atoms with van der Waals surface area (Å²) in [6.45, 7) is 0.0969. The Balaban J connectivity index is 1.68. The smallest absolute Gasteiger partial charge is 0.255 e. The highest BCUT2D eigenvalue weighted by atomic mass is 19.1. The maximum absolute atomic E-state index is 13.3. The van der Waals surface area contributed by atoms with E-state index in [0.29, 0.717) is 17.1 Å². The largest absolute Gasteiger partial charge is 0.454 e. The fraction of sp³-hybridized carbons (Fsp3) is 0.0952. The zero-order valence-corrected chi connectivity index (χ0v) is 13.8. The standard InChI is InChI=1S/C21H16FNO3/c22-16-11-9-15(10-12-16)19(14-5-2-1-3-6-14)23-21(24)17-7-4-8-18-20(17)26-13-25-18/h1-12,19H,13H2,(H,23,24). The molecule has 0 aliphatic carbocycles. The van der Waals surface area contributed by atoms with Crippen LogP contribution in [0.2, 0.25) is 0 Å². The van der Waals surface area contributed by atoms with E-state index >= 15 is 0 Å². The van der Waals surface area contributed by atoms with Crippen molar-refractivity contribution in [2.75, 3.05) is 6.79 Å². The van der Waals surface area contributed by atoms with Crippen LogP contribution in [0.3, 0.4) is 0 Å². The molecule has 3 aromatic carbocycles. The van der Waals surface area contributed by atoms with Crippen LogP contribution < -0.4 is 14.8 Å². The minimum Gasteiger partial charge on any atom is -0.454 e. The molecule has 4 rings (SSSR count). The second kappa shape index (κ2) is 6.88. The molecule has 0 saturated carbocycles. The molecule has 1 aliphatic rings. The molecular weight excluding hydrogens is 333 g/mol. The van der Waals surface area contributed by atoms with E-state index in [1.54, 1.807) is 30.3 Å². The van der Waals surface area contributed by atoms with Crippen LogP contribution in [0.4, 0.5) is 4.39 Å². The van der Waals surface area contributed by atoms with Gasteiger partial charge in [0.2, 0.25) is 6.79 Å². The normalized spacial score (nSPS) is 13.3. The Hall–Kier alpha value is -3.34. The van der Waals surface area contributed by atoms with Crippen molar-refractivity contribution in [2.24, 2.45) is 0 Å². The molecule has 0 spiro atoms. The second-order valence-corrected chi connectivity index (χ2v) is 5.91. The van der Waals surface area contributed by atoms with Crippen molar-refractivity contribution < 1.29 is 18.7 Å². The van der Waals surface area contributed by atoms with Crippen LogP contribution in [0.1, 0.15) is 27.5 Å². The average Bonchev–Trinajstić information content (AvgIpc) is 3.16. The molecule has 1 amide bonds. The number of nitrogens with one attached hydrogen (secondary N) is 1. The molecule has 0 aromatic heterocycles. The van der Waals surface area contributed by atoms with Gasteiger partial charge in [-0.05, 0) is 35.4 Å². The lowest BCUT2D eigenvalue weighted by molar-refractivity contribution is 0.0938. The van der Waals surface area contributed by atoms with Crippen LogP contribution in [0, 0.1) is 5.82 Å². The third-order valence-corrected chi connectivity index (χ3v) is 4.25. The topological polar surface area (TPSA) is 47.6 Å². The molecule has 1 atom stereocenters. The van der Waals surface area contributed by atoms with E-state index in [9.17, 15) is 9.18 Å². The van der Waals surface area contributed by atoms with Crippen molar-refractivity contribution in [2.45, 2.75) is 6.04 Å². The lowest BCUT2D eigenvalue weighted by Crippen LogP contribution is -2.29. The molecule has 0 radical (unpaired) electrons. The molecule has 1 N–H and O–H groups in total. The van der Waals surface area contributed by atoms with Crippen LogP contribution >= 0.6 is 0 Å². The van der Waals surface area contributed by atoms with Gasteiger partial charge in [-0.25, -0.2) is 4.39 Å². The van der Waals surface area contributed by atoms with Crippen molar-refractivity contribution >= 4 is 5.91 Å². The Labute approximate surface area is 150 Å². The Kier molecular flexibility index (Phi) is 4.27. The predicted octanol–water partition coefficient (Wildman–Crippen LogP) is 4.07. The number of carbonyl (C=O) groups excluding carboxylic acids is 1. The molecule has 3 aromatic rings. The number of amides is 1. The average molecular weight is 349 g/mol. The number of hydrogen-bond acceptors (Lipinski definition) is 3. The molecule has 130 valence electrons. The first-order chi connectivity index (χ1) is 12.7. The van der Waals surface area contributed by atoms with Crippen molar-refractivity contribution in [1.29, 1.82) is 0 Å². The highest BCUT2D eigenvalue weighted by Gasteiger charge is 2.24. The van der Waals surface area contributed by atoms with Crippen molar-refractivity contribution in [3.63, 3.8) is 0 Å². The lowest BCUT2D eigenvalue weighted by atomic mass is 9.98. The van der Waals surface area contributed by atoms with E-state index in [1.165, 1.54) is 12.1 Å². The van der Waals surface area contributed by atoms with Gasteiger partial charge < -0.3 is 14.8 Å². The number of hydrogen-bond donors (Lipinski definition) is 1. The highest BCUT2D eigenvalue weighted by Crippen LogP contribution is 2.35. The molecule has 1 heterocycles. The number of ether oxygens (including phenoxy) is 2. The molecule has 1 unspecified atom stereocenters. The zero-order valence-electron chi connectivity index (χ0n) is 13.8. The predicted molar refractivity (Wildman–Crippen MR) is 94.7 cm³/mol. The van der Waals surface area contributed by atoms with Crippen molar-refractivity contribution in [3.05, 3.63) is 95.3 Å². The Morgan fingerprint density at radius 1 is 0.885 bits per heavy atom. The first-order valence-corrected chi connectivity index (χ1v) is 8.22. The third-order valence-electron chi connectivity index (χ3n) is 4.25. The van der Waals surface area contributed by atoms with Gasteiger partial charge in [-0.3, -0.25) is 4.79 Å². The van der Waals surface area contributed by atoms with E-state index in [2.05, 4.69) is 5.32 Å². The van der Waals surface area contributed by atoms with E-state index < -0.39 is 6.04 Å². The maximum atomic E-state index is 13.3. The number of rotatable bonds is 4. The monoisotopic (exact) mass is 349 g/mol. The van der Waals surface area contributed by atoms with Gasteiger partial charge in [-0.15, -0.1) is 0 Å². The molecule has 0 fully saturated rings. The van der Waals surface area contributed by atoms with E-state index in [1.807, 2.05) is 30.3 Å². The minimum atomic E-state index is -0.414. The van der Waals surface area contributed by atoms with Gasteiger partial charge in [0.25, 0.3) is 5.91 Å². The fourth-order valence-electron chi connectivity index (χ4n) is 2.98. The Morgan fingerprint density at radius 2 is 1.62 bits per heavy atom.